The molecule has 0 nitrogen and oxygen atoms in total. The van der Waals surface area contributed by atoms with E-state index in [1.807, 2.05) is 0 Å². The first-order valence-electron chi connectivity index (χ1n) is 7.65. The quantitative estimate of drug-likeness (QED) is 0.183. The Hall–Kier alpha value is -3.28. The van der Waals surface area contributed by atoms with Gasteiger partial charge in [-0.15, -0.1) is 0 Å². The van der Waals surface area contributed by atoms with Crippen LogP contribution in [0.3, 0.4) is 0 Å². The van der Waals surface area contributed by atoms with Crippen molar-refractivity contribution < 1.29 is 61.5 Å². The van der Waals surface area contributed by atoms with Crippen LogP contribution in [0, 0.1) is 52.4 Å². The average Bonchev–Trinajstić information content (AvgIpc) is 2.74. The standard InChI is InChI=1S/C18F14/c19-3-1-2(18(31,32)17(30)7(3)20)4-8(21)10(23)5(11(24)9(4)22)6-12(25)14(27)16(29)15(28)13(6)26. The van der Waals surface area contributed by atoms with E-state index in [4.69, 9.17) is 0 Å². The summed E-state index contributed by atoms with van der Waals surface area (Å²) in [5, 5.41) is 0. The summed E-state index contributed by atoms with van der Waals surface area (Å²) in [5.41, 5.74) is -9.60. The molecule has 2 aromatic rings. The molecule has 0 aromatic heterocycles. The Bertz CT molecular complexity index is 1240. The highest BCUT2D eigenvalue weighted by Crippen LogP contribution is 2.48. The Morgan fingerprint density at radius 1 is 0.438 bits per heavy atom. The summed E-state index contributed by atoms with van der Waals surface area (Å²) in [7, 11) is 0. The molecule has 2 aromatic carbocycles. The molecular formula is C18F14. The number of halogens is 14. The third kappa shape index (κ3) is 3.00. The van der Waals surface area contributed by atoms with E-state index in [0.717, 1.165) is 0 Å². The lowest BCUT2D eigenvalue weighted by Crippen LogP contribution is -2.24. The van der Waals surface area contributed by atoms with Gasteiger partial charge in [0.1, 0.15) is 0 Å². The molecule has 0 heterocycles. The van der Waals surface area contributed by atoms with Gasteiger partial charge in [-0.3, -0.25) is 0 Å². The molecule has 32 heavy (non-hydrogen) atoms. The number of rotatable bonds is 2. The molecule has 0 spiro atoms. The second-order valence-corrected chi connectivity index (χ2v) is 5.97. The van der Waals surface area contributed by atoms with Crippen LogP contribution in [-0.2, 0) is 0 Å². The Morgan fingerprint density at radius 2 is 0.750 bits per heavy atom. The van der Waals surface area contributed by atoms with Gasteiger partial charge in [-0.05, 0) is 0 Å². The normalized spacial score (nSPS) is 15.8. The fraction of sp³-hybridized carbons (Fsp3) is 0.0556. The molecule has 0 aliphatic heterocycles. The summed E-state index contributed by atoms with van der Waals surface area (Å²) in [6, 6.07) is 0. The smallest absolute Gasteiger partial charge is 0.203 e. The molecular weight excluding hydrogens is 482 g/mol. The molecule has 0 N–H and O–H groups in total. The number of allylic oxidation sites excluding steroid dienone is 3. The van der Waals surface area contributed by atoms with E-state index in [-0.39, 0.29) is 0 Å². The fourth-order valence-corrected chi connectivity index (χ4v) is 2.70. The van der Waals surface area contributed by atoms with Gasteiger partial charge in [-0.2, -0.15) is 17.6 Å². The van der Waals surface area contributed by atoms with E-state index in [1.165, 1.54) is 0 Å². The minimum atomic E-state index is -5.44. The second-order valence-electron chi connectivity index (χ2n) is 5.97. The lowest BCUT2D eigenvalue weighted by Gasteiger charge is -2.22. The topological polar surface area (TPSA) is 0 Å². The summed E-state index contributed by atoms with van der Waals surface area (Å²) in [6.45, 7) is 0. The molecule has 14 heteroatoms. The van der Waals surface area contributed by atoms with Crippen molar-refractivity contribution in [1.29, 1.82) is 0 Å². The van der Waals surface area contributed by atoms with Crippen LogP contribution >= 0.6 is 0 Å². The van der Waals surface area contributed by atoms with Gasteiger partial charge < -0.3 is 0 Å². The number of alkyl halides is 2. The highest BCUT2D eigenvalue weighted by molar-refractivity contribution is 5.79. The van der Waals surface area contributed by atoms with Crippen molar-refractivity contribution in [2.75, 3.05) is 0 Å². The zero-order valence-electron chi connectivity index (χ0n) is 14.3. The SMILES string of the molecule is FC1=C=C(c2c(F)c(F)c(-c3c(F)c(F)c(F)c(F)c3F)c(F)c2F)C(F)(F)C(F)=C1F. The van der Waals surface area contributed by atoms with Gasteiger partial charge in [0, 0.05) is 0 Å². The second kappa shape index (κ2) is 7.40. The van der Waals surface area contributed by atoms with Crippen LogP contribution < -0.4 is 0 Å². The van der Waals surface area contributed by atoms with Crippen molar-refractivity contribution in [3.05, 3.63) is 81.1 Å². The van der Waals surface area contributed by atoms with Gasteiger partial charge in [-0.25, -0.2) is 43.9 Å². The Morgan fingerprint density at radius 3 is 1.16 bits per heavy atom. The molecule has 0 atom stereocenters. The largest absolute Gasteiger partial charge is 0.334 e. The Labute approximate surface area is 166 Å². The highest BCUT2D eigenvalue weighted by Gasteiger charge is 2.49. The van der Waals surface area contributed by atoms with Crippen LogP contribution in [0.5, 0.6) is 0 Å². The molecule has 1 aliphatic rings. The van der Waals surface area contributed by atoms with E-state index in [1.54, 1.807) is 0 Å². The van der Waals surface area contributed by atoms with Gasteiger partial charge in [0.15, 0.2) is 46.5 Å². The first-order chi connectivity index (χ1) is 14.7. The van der Waals surface area contributed by atoms with Crippen LogP contribution in [0.1, 0.15) is 5.56 Å². The minimum absolute atomic E-state index is 0.660. The van der Waals surface area contributed by atoms with Gasteiger partial charge >= 0.3 is 5.92 Å². The Kier molecular flexibility index (Phi) is 5.41. The van der Waals surface area contributed by atoms with Crippen molar-refractivity contribution in [1.82, 2.24) is 0 Å². The number of hydrogen-bond acceptors (Lipinski definition) is 0. The predicted octanol–water partition coefficient (Wildman–Crippen LogP) is 7.24. The van der Waals surface area contributed by atoms with Gasteiger partial charge in [0.2, 0.25) is 23.3 Å². The first kappa shape index (κ1) is 23.4. The molecule has 0 saturated heterocycles. The lowest BCUT2D eigenvalue weighted by molar-refractivity contribution is 0.0747. The van der Waals surface area contributed by atoms with E-state index in [2.05, 4.69) is 0 Å². The van der Waals surface area contributed by atoms with Crippen LogP contribution in [-0.4, -0.2) is 5.92 Å². The highest BCUT2D eigenvalue weighted by atomic mass is 19.3. The Balaban J connectivity index is 2.46. The summed E-state index contributed by atoms with van der Waals surface area (Å²) in [5.74, 6) is -40.4. The van der Waals surface area contributed by atoms with Crippen molar-refractivity contribution in [2.45, 2.75) is 5.92 Å². The minimum Gasteiger partial charge on any atom is -0.203 e. The van der Waals surface area contributed by atoms with Gasteiger partial charge in [-0.1, -0.05) is 5.73 Å². The number of hydrogen-bond donors (Lipinski definition) is 0. The van der Waals surface area contributed by atoms with Crippen molar-refractivity contribution >= 4 is 5.57 Å². The van der Waals surface area contributed by atoms with Gasteiger partial charge in [0.05, 0.1) is 22.3 Å². The molecule has 1 aliphatic carbocycles. The van der Waals surface area contributed by atoms with E-state index in [0.29, 0.717) is 5.73 Å². The summed E-state index contributed by atoms with van der Waals surface area (Å²) >= 11 is 0. The molecule has 0 unspecified atom stereocenters. The van der Waals surface area contributed by atoms with Crippen LogP contribution in [0.15, 0.2) is 23.2 Å². The maximum Gasteiger partial charge on any atom is 0.334 e. The lowest BCUT2D eigenvalue weighted by atomic mass is 9.91. The number of benzene rings is 2. The monoisotopic (exact) mass is 482 g/mol. The van der Waals surface area contributed by atoms with Crippen LogP contribution in [0.4, 0.5) is 61.5 Å². The van der Waals surface area contributed by atoms with Crippen molar-refractivity contribution in [3.8, 4) is 11.1 Å². The fourth-order valence-electron chi connectivity index (χ4n) is 2.70. The average molecular weight is 482 g/mol. The van der Waals surface area contributed by atoms with E-state index in [9.17, 15) is 61.5 Å². The zero-order chi connectivity index (χ0) is 24.4. The van der Waals surface area contributed by atoms with Crippen LogP contribution in [0.25, 0.3) is 16.7 Å². The zero-order valence-corrected chi connectivity index (χ0v) is 14.3. The molecule has 0 fully saturated rings. The summed E-state index contributed by atoms with van der Waals surface area (Å²) in [4.78, 5) is 0. The maximum atomic E-state index is 14.4. The molecule has 170 valence electrons. The third-order valence-corrected chi connectivity index (χ3v) is 4.18. The third-order valence-electron chi connectivity index (χ3n) is 4.18. The first-order valence-corrected chi connectivity index (χ1v) is 7.65. The van der Waals surface area contributed by atoms with Crippen LogP contribution in [0.2, 0.25) is 0 Å². The molecule has 0 radical (unpaired) electrons. The molecule has 0 bridgehead atoms. The molecule has 3 rings (SSSR count). The van der Waals surface area contributed by atoms with E-state index >= 15 is 0 Å². The maximum absolute atomic E-state index is 14.4. The molecule has 0 amide bonds. The molecule has 0 saturated carbocycles. The van der Waals surface area contributed by atoms with E-state index < -0.39 is 98.0 Å². The summed E-state index contributed by atoms with van der Waals surface area (Å²) in [6.07, 6.45) is 0. The van der Waals surface area contributed by atoms with Gasteiger partial charge in [0.25, 0.3) is 0 Å². The summed E-state index contributed by atoms with van der Waals surface area (Å²) < 4.78 is 192. The predicted molar refractivity (Wildman–Crippen MR) is 77.2 cm³/mol. The van der Waals surface area contributed by atoms with Crippen molar-refractivity contribution in [3.63, 3.8) is 0 Å². The van der Waals surface area contributed by atoms with Crippen molar-refractivity contribution in [2.24, 2.45) is 0 Å².